The Labute approximate surface area is 121 Å². The molecule has 0 aromatic rings. The average molecular weight is 287 g/mol. The van der Waals surface area contributed by atoms with Crippen LogP contribution in [0.4, 0.5) is 0 Å². The fraction of sp³-hybridized carbons (Fsp3) is 0.857. The fourth-order valence-corrected chi connectivity index (χ4v) is 1.58. The van der Waals surface area contributed by atoms with E-state index in [0.29, 0.717) is 25.9 Å². The van der Waals surface area contributed by atoms with E-state index in [9.17, 15) is 9.59 Å². The van der Waals surface area contributed by atoms with E-state index in [-0.39, 0.29) is 29.8 Å². The smallest absolute Gasteiger partial charge is 0.303 e. The molecule has 0 radical (unpaired) electrons. The number of nitrogens with zero attached hydrogens (tertiary/aromatic N) is 1. The Morgan fingerprint density at radius 1 is 0.950 bits per heavy atom. The van der Waals surface area contributed by atoms with E-state index < -0.39 is 5.97 Å². The Kier molecular flexibility index (Phi) is 7.16. The van der Waals surface area contributed by atoms with Crippen LogP contribution < -0.4 is 11.5 Å². The number of amides is 1. The van der Waals surface area contributed by atoms with Gasteiger partial charge in [-0.05, 0) is 40.5 Å². The Balaban J connectivity index is 4.52. The first-order valence-corrected chi connectivity index (χ1v) is 6.98. The molecule has 20 heavy (non-hydrogen) atoms. The molecule has 0 aromatic heterocycles. The molecule has 0 aliphatic carbocycles. The van der Waals surface area contributed by atoms with Gasteiger partial charge in [-0.25, -0.2) is 0 Å². The zero-order valence-electron chi connectivity index (χ0n) is 13.1. The summed E-state index contributed by atoms with van der Waals surface area (Å²) in [4.78, 5) is 24.3. The first-order valence-electron chi connectivity index (χ1n) is 6.98. The van der Waals surface area contributed by atoms with Gasteiger partial charge in [-0.1, -0.05) is 0 Å². The minimum Gasteiger partial charge on any atom is -0.481 e. The van der Waals surface area contributed by atoms with Gasteiger partial charge in [0.25, 0.3) is 0 Å². The molecule has 0 atom stereocenters. The highest BCUT2D eigenvalue weighted by atomic mass is 16.4. The van der Waals surface area contributed by atoms with Gasteiger partial charge in [0.05, 0.1) is 6.42 Å². The highest BCUT2D eigenvalue weighted by molar-refractivity contribution is 5.80. The van der Waals surface area contributed by atoms with Crippen molar-refractivity contribution >= 4 is 11.9 Å². The van der Waals surface area contributed by atoms with Gasteiger partial charge in [-0.2, -0.15) is 0 Å². The van der Waals surface area contributed by atoms with Crippen LogP contribution in [0.5, 0.6) is 0 Å². The lowest BCUT2D eigenvalue weighted by atomic mass is 10.00. The average Bonchev–Trinajstić information content (AvgIpc) is 2.22. The third-order valence-electron chi connectivity index (χ3n) is 2.96. The Hall–Kier alpha value is -1.14. The fourth-order valence-electron chi connectivity index (χ4n) is 1.58. The summed E-state index contributed by atoms with van der Waals surface area (Å²) in [6.45, 7) is 8.66. The van der Waals surface area contributed by atoms with E-state index in [0.717, 1.165) is 0 Å². The maximum atomic E-state index is 12.1. The van der Waals surface area contributed by atoms with Gasteiger partial charge in [0.2, 0.25) is 5.91 Å². The molecule has 1 amide bonds. The van der Waals surface area contributed by atoms with E-state index >= 15 is 0 Å². The number of carboxylic acid groups (broad SMARTS) is 1. The standard InChI is InChI=1S/C14H29N3O3/c1-13(2,15)7-9-17(10-8-14(3,4)16)11(18)5-6-12(19)20/h5-10,15-16H2,1-4H3,(H,19,20). The van der Waals surface area contributed by atoms with Crippen LogP contribution in [0.15, 0.2) is 0 Å². The second-order valence-electron chi connectivity index (χ2n) is 6.75. The van der Waals surface area contributed by atoms with Gasteiger partial charge >= 0.3 is 5.97 Å². The van der Waals surface area contributed by atoms with Crippen molar-refractivity contribution in [3.8, 4) is 0 Å². The summed E-state index contributed by atoms with van der Waals surface area (Å²) < 4.78 is 0. The van der Waals surface area contributed by atoms with Crippen LogP contribution in [0.1, 0.15) is 53.4 Å². The molecule has 0 aliphatic rings. The van der Waals surface area contributed by atoms with E-state index in [1.807, 2.05) is 27.7 Å². The first kappa shape index (κ1) is 18.9. The quantitative estimate of drug-likeness (QED) is 0.584. The number of aliphatic carboxylic acids is 1. The second kappa shape index (κ2) is 7.59. The zero-order chi connectivity index (χ0) is 16.0. The summed E-state index contributed by atoms with van der Waals surface area (Å²) in [5.74, 6) is -1.11. The number of nitrogens with two attached hydrogens (primary N) is 2. The van der Waals surface area contributed by atoms with Crippen LogP contribution >= 0.6 is 0 Å². The monoisotopic (exact) mass is 287 g/mol. The van der Waals surface area contributed by atoms with Gasteiger partial charge in [0.15, 0.2) is 0 Å². The minimum atomic E-state index is -0.961. The second-order valence-corrected chi connectivity index (χ2v) is 6.75. The number of carbonyl (C=O) groups excluding carboxylic acids is 1. The molecule has 0 spiro atoms. The van der Waals surface area contributed by atoms with Crippen molar-refractivity contribution < 1.29 is 14.7 Å². The van der Waals surface area contributed by atoms with Crippen molar-refractivity contribution in [3.05, 3.63) is 0 Å². The van der Waals surface area contributed by atoms with E-state index in [1.165, 1.54) is 0 Å². The molecular formula is C14H29N3O3. The Morgan fingerprint density at radius 2 is 1.35 bits per heavy atom. The molecule has 118 valence electrons. The maximum Gasteiger partial charge on any atom is 0.303 e. The molecule has 6 nitrogen and oxygen atoms in total. The van der Waals surface area contributed by atoms with E-state index in [1.54, 1.807) is 4.90 Å². The lowest BCUT2D eigenvalue weighted by Crippen LogP contribution is -2.43. The molecule has 5 N–H and O–H groups in total. The molecular weight excluding hydrogens is 258 g/mol. The largest absolute Gasteiger partial charge is 0.481 e. The first-order chi connectivity index (χ1) is 8.91. The lowest BCUT2D eigenvalue weighted by Gasteiger charge is -2.29. The van der Waals surface area contributed by atoms with Crippen molar-refractivity contribution in [2.45, 2.75) is 64.5 Å². The highest BCUT2D eigenvalue weighted by Gasteiger charge is 2.21. The van der Waals surface area contributed by atoms with Crippen LogP contribution in [0.3, 0.4) is 0 Å². The molecule has 0 rings (SSSR count). The van der Waals surface area contributed by atoms with Gasteiger partial charge in [0, 0.05) is 30.6 Å². The van der Waals surface area contributed by atoms with Crippen molar-refractivity contribution in [2.24, 2.45) is 11.5 Å². The van der Waals surface area contributed by atoms with Crippen molar-refractivity contribution in [1.29, 1.82) is 0 Å². The molecule has 0 heterocycles. The predicted molar refractivity (Wildman–Crippen MR) is 79.2 cm³/mol. The molecule has 0 saturated heterocycles. The SMILES string of the molecule is CC(C)(N)CCN(CCC(C)(C)N)C(=O)CCC(=O)O. The third-order valence-corrected chi connectivity index (χ3v) is 2.96. The summed E-state index contributed by atoms with van der Waals surface area (Å²) in [6.07, 6.45) is 1.20. The third kappa shape index (κ3) is 10.8. The van der Waals surface area contributed by atoms with E-state index in [2.05, 4.69) is 0 Å². The van der Waals surface area contributed by atoms with Gasteiger partial charge < -0.3 is 21.5 Å². The van der Waals surface area contributed by atoms with E-state index in [4.69, 9.17) is 16.6 Å². The zero-order valence-corrected chi connectivity index (χ0v) is 13.1. The number of hydrogen-bond acceptors (Lipinski definition) is 4. The number of carbonyl (C=O) groups is 2. The molecule has 0 bridgehead atoms. The molecule has 0 aliphatic heterocycles. The van der Waals surface area contributed by atoms with Crippen molar-refractivity contribution in [2.75, 3.05) is 13.1 Å². The van der Waals surface area contributed by atoms with Crippen molar-refractivity contribution in [3.63, 3.8) is 0 Å². The summed E-state index contributed by atoms with van der Waals surface area (Å²) in [5.41, 5.74) is 11.1. The minimum absolute atomic E-state index is 0.0192. The maximum absolute atomic E-state index is 12.1. The summed E-state index contributed by atoms with van der Waals surface area (Å²) >= 11 is 0. The Morgan fingerprint density at radius 3 is 1.65 bits per heavy atom. The summed E-state index contributed by atoms with van der Waals surface area (Å²) in [6, 6.07) is 0. The molecule has 0 fully saturated rings. The molecule has 0 unspecified atom stereocenters. The van der Waals surface area contributed by atoms with Crippen molar-refractivity contribution in [1.82, 2.24) is 4.90 Å². The lowest BCUT2D eigenvalue weighted by molar-refractivity contribution is -0.141. The molecule has 0 aromatic carbocycles. The summed E-state index contributed by atoms with van der Waals surface area (Å²) in [5, 5.41) is 8.65. The Bertz CT molecular complexity index is 312. The van der Waals surface area contributed by atoms with Crippen LogP contribution in [-0.4, -0.2) is 46.1 Å². The van der Waals surface area contributed by atoms with Gasteiger partial charge in [-0.15, -0.1) is 0 Å². The highest BCUT2D eigenvalue weighted by Crippen LogP contribution is 2.11. The number of carboxylic acids is 1. The number of hydrogen-bond donors (Lipinski definition) is 3. The normalized spacial score (nSPS) is 12.3. The molecule has 6 heteroatoms. The summed E-state index contributed by atoms with van der Waals surface area (Å²) in [7, 11) is 0. The number of rotatable bonds is 9. The van der Waals surface area contributed by atoms with Gasteiger partial charge in [0.1, 0.15) is 0 Å². The topological polar surface area (TPSA) is 110 Å². The molecule has 0 saturated carbocycles. The van der Waals surface area contributed by atoms with Crippen LogP contribution in [0.25, 0.3) is 0 Å². The predicted octanol–water partition coefficient (Wildman–Crippen LogP) is 0.935. The van der Waals surface area contributed by atoms with Crippen LogP contribution in [0, 0.1) is 0 Å². The van der Waals surface area contributed by atoms with Crippen LogP contribution in [-0.2, 0) is 9.59 Å². The van der Waals surface area contributed by atoms with Gasteiger partial charge in [-0.3, -0.25) is 9.59 Å². The van der Waals surface area contributed by atoms with Crippen LogP contribution in [0.2, 0.25) is 0 Å².